The van der Waals surface area contributed by atoms with Gasteiger partial charge in [-0.2, -0.15) is 5.10 Å². The molecule has 2 aromatic carbocycles. The maximum absolute atomic E-state index is 13.3. The Morgan fingerprint density at radius 1 is 1.24 bits per heavy atom. The second kappa shape index (κ2) is 7.81. The molecule has 0 heterocycles. The molecule has 0 saturated heterocycles. The maximum Gasteiger partial charge on any atom is 0.250 e. The van der Waals surface area contributed by atoms with E-state index in [1.807, 2.05) is 12.1 Å². The molecule has 108 valence electrons. The van der Waals surface area contributed by atoms with E-state index in [-0.39, 0.29) is 17.5 Å². The van der Waals surface area contributed by atoms with Crippen molar-refractivity contribution in [2.45, 2.75) is 4.90 Å². The van der Waals surface area contributed by atoms with E-state index < -0.39 is 0 Å². The third kappa shape index (κ3) is 5.21. The van der Waals surface area contributed by atoms with Crippen molar-refractivity contribution in [3.05, 3.63) is 64.9 Å². The number of halogens is 2. The number of nitrogens with zero attached hydrogens (tertiary/aromatic N) is 1. The largest absolute Gasteiger partial charge is 0.272 e. The van der Waals surface area contributed by atoms with Crippen LogP contribution in [0.5, 0.6) is 0 Å². The first-order chi connectivity index (χ1) is 10.1. The number of benzene rings is 2. The molecular weight excluding hydrogens is 311 g/mol. The Kier molecular flexibility index (Phi) is 5.78. The first-order valence-corrected chi connectivity index (χ1v) is 7.46. The fraction of sp³-hybridized carbons (Fsp3) is 0.0667. The van der Waals surface area contributed by atoms with Crippen LogP contribution in [0.25, 0.3) is 0 Å². The number of rotatable bonds is 5. The van der Waals surface area contributed by atoms with Gasteiger partial charge >= 0.3 is 0 Å². The molecule has 1 amide bonds. The number of carbonyl (C=O) groups excluding carboxylic acids is 1. The highest BCUT2D eigenvalue weighted by molar-refractivity contribution is 8.00. The number of thioether (sulfide) groups is 1. The van der Waals surface area contributed by atoms with Gasteiger partial charge in [0, 0.05) is 15.5 Å². The van der Waals surface area contributed by atoms with E-state index in [4.69, 9.17) is 11.6 Å². The van der Waals surface area contributed by atoms with Crippen LogP contribution in [-0.4, -0.2) is 17.9 Å². The predicted molar refractivity (Wildman–Crippen MR) is 84.3 cm³/mol. The summed E-state index contributed by atoms with van der Waals surface area (Å²) in [6.45, 7) is 0. The maximum atomic E-state index is 13.3. The third-order valence-corrected chi connectivity index (χ3v) is 3.75. The normalized spacial score (nSPS) is 10.8. The molecule has 21 heavy (non-hydrogen) atoms. The summed E-state index contributed by atoms with van der Waals surface area (Å²) in [7, 11) is 0. The minimum absolute atomic E-state index is 0.218. The molecule has 0 atom stereocenters. The quantitative estimate of drug-likeness (QED) is 0.518. The van der Waals surface area contributed by atoms with E-state index in [1.165, 1.54) is 24.0 Å². The van der Waals surface area contributed by atoms with Gasteiger partial charge in [0.15, 0.2) is 0 Å². The van der Waals surface area contributed by atoms with Crippen LogP contribution in [0.2, 0.25) is 5.02 Å². The van der Waals surface area contributed by atoms with Gasteiger partial charge in [0.25, 0.3) is 0 Å². The topological polar surface area (TPSA) is 41.5 Å². The Morgan fingerprint density at radius 2 is 1.95 bits per heavy atom. The second-order valence-corrected chi connectivity index (χ2v) is 5.54. The Bertz CT molecular complexity index is 646. The molecule has 0 unspecified atom stereocenters. The summed E-state index contributed by atoms with van der Waals surface area (Å²) in [5.74, 6) is -0.426. The zero-order chi connectivity index (χ0) is 15.1. The zero-order valence-corrected chi connectivity index (χ0v) is 12.5. The first kappa shape index (κ1) is 15.5. The summed E-state index contributed by atoms with van der Waals surface area (Å²) in [6, 6.07) is 13.4. The smallest absolute Gasteiger partial charge is 0.250 e. The molecule has 0 fully saturated rings. The Morgan fingerprint density at radius 3 is 2.67 bits per heavy atom. The number of hydrogen-bond acceptors (Lipinski definition) is 3. The fourth-order valence-corrected chi connectivity index (χ4v) is 2.28. The van der Waals surface area contributed by atoms with Crippen LogP contribution in [0.15, 0.2) is 58.5 Å². The van der Waals surface area contributed by atoms with Gasteiger partial charge in [-0.05, 0) is 30.3 Å². The van der Waals surface area contributed by atoms with E-state index >= 15 is 0 Å². The lowest BCUT2D eigenvalue weighted by Gasteiger charge is -2.01. The number of carbonyl (C=O) groups is 1. The molecule has 0 saturated carbocycles. The van der Waals surface area contributed by atoms with E-state index in [2.05, 4.69) is 10.5 Å². The highest BCUT2D eigenvalue weighted by Crippen LogP contribution is 2.19. The average molecular weight is 323 g/mol. The van der Waals surface area contributed by atoms with Crippen LogP contribution in [0, 0.1) is 5.82 Å². The van der Waals surface area contributed by atoms with Crippen LogP contribution in [0.1, 0.15) is 5.56 Å². The molecule has 0 aliphatic heterocycles. The zero-order valence-electron chi connectivity index (χ0n) is 10.9. The van der Waals surface area contributed by atoms with Gasteiger partial charge in [-0.3, -0.25) is 4.79 Å². The van der Waals surface area contributed by atoms with Crippen molar-refractivity contribution in [1.82, 2.24) is 5.43 Å². The predicted octanol–water partition coefficient (Wildman–Crippen LogP) is 3.72. The van der Waals surface area contributed by atoms with Crippen LogP contribution < -0.4 is 5.43 Å². The van der Waals surface area contributed by atoms with Crippen molar-refractivity contribution in [2.75, 3.05) is 5.75 Å². The van der Waals surface area contributed by atoms with Gasteiger partial charge < -0.3 is 0 Å². The van der Waals surface area contributed by atoms with Gasteiger partial charge in [-0.1, -0.05) is 29.8 Å². The molecule has 0 radical (unpaired) electrons. The summed E-state index contributed by atoms with van der Waals surface area (Å²) >= 11 is 7.14. The van der Waals surface area contributed by atoms with Crippen molar-refractivity contribution in [3.8, 4) is 0 Å². The molecule has 0 aromatic heterocycles. The number of nitrogens with one attached hydrogen (secondary N) is 1. The summed E-state index contributed by atoms with van der Waals surface area (Å²) < 4.78 is 13.3. The summed E-state index contributed by atoms with van der Waals surface area (Å²) in [4.78, 5) is 12.5. The van der Waals surface area contributed by atoms with E-state index in [1.54, 1.807) is 30.3 Å². The van der Waals surface area contributed by atoms with Crippen molar-refractivity contribution in [3.63, 3.8) is 0 Å². The standard InChI is InChI=1S/C15H12ClFN2OS/c16-12-5-7-13(8-6-12)21-10-15(20)19-18-9-11-3-1-2-4-14(11)17/h1-9H,10H2,(H,19,20)/b18-9+. The minimum Gasteiger partial charge on any atom is -0.272 e. The van der Waals surface area contributed by atoms with Crippen LogP contribution in [-0.2, 0) is 4.79 Å². The molecule has 0 spiro atoms. The van der Waals surface area contributed by atoms with Gasteiger partial charge in [0.1, 0.15) is 5.82 Å². The van der Waals surface area contributed by atoms with Crippen molar-refractivity contribution >= 4 is 35.5 Å². The van der Waals surface area contributed by atoms with E-state index in [0.717, 1.165) is 4.90 Å². The van der Waals surface area contributed by atoms with Crippen LogP contribution in [0.4, 0.5) is 4.39 Å². The lowest BCUT2D eigenvalue weighted by atomic mass is 10.2. The van der Waals surface area contributed by atoms with Gasteiger partial charge in [-0.15, -0.1) is 11.8 Å². The molecule has 2 rings (SSSR count). The highest BCUT2D eigenvalue weighted by Gasteiger charge is 2.02. The van der Waals surface area contributed by atoms with Crippen LogP contribution >= 0.6 is 23.4 Å². The molecule has 0 aliphatic rings. The van der Waals surface area contributed by atoms with Crippen molar-refractivity contribution in [1.29, 1.82) is 0 Å². The molecule has 2 aromatic rings. The molecule has 0 aliphatic carbocycles. The number of amides is 1. The summed E-state index contributed by atoms with van der Waals surface area (Å²) in [5, 5.41) is 4.38. The van der Waals surface area contributed by atoms with Crippen molar-refractivity contribution < 1.29 is 9.18 Å². The molecule has 6 heteroatoms. The molecular formula is C15H12ClFN2OS. The van der Waals surface area contributed by atoms with Crippen molar-refractivity contribution in [2.24, 2.45) is 5.10 Å². The minimum atomic E-state index is -0.383. The molecule has 3 nitrogen and oxygen atoms in total. The fourth-order valence-electron chi connectivity index (χ4n) is 1.47. The summed E-state index contributed by atoms with van der Waals surface area (Å²) in [5.41, 5.74) is 2.68. The van der Waals surface area contributed by atoms with E-state index in [0.29, 0.717) is 10.6 Å². The first-order valence-electron chi connectivity index (χ1n) is 6.10. The Labute approximate surface area is 131 Å². The van der Waals surface area contributed by atoms with Gasteiger partial charge in [0.05, 0.1) is 12.0 Å². The lowest BCUT2D eigenvalue weighted by Crippen LogP contribution is -2.19. The SMILES string of the molecule is O=C(CSc1ccc(Cl)cc1)N/N=C/c1ccccc1F. The van der Waals surface area contributed by atoms with Gasteiger partial charge in [0.2, 0.25) is 5.91 Å². The highest BCUT2D eigenvalue weighted by atomic mass is 35.5. The Balaban J connectivity index is 1.80. The van der Waals surface area contributed by atoms with Gasteiger partial charge in [-0.25, -0.2) is 9.82 Å². The summed E-state index contributed by atoms with van der Waals surface area (Å²) in [6.07, 6.45) is 1.28. The average Bonchev–Trinajstić information content (AvgIpc) is 2.49. The second-order valence-electron chi connectivity index (χ2n) is 4.06. The molecule has 0 bridgehead atoms. The third-order valence-electron chi connectivity index (χ3n) is 2.48. The lowest BCUT2D eigenvalue weighted by molar-refractivity contribution is -0.118. The molecule has 1 N–H and O–H groups in total. The van der Waals surface area contributed by atoms with E-state index in [9.17, 15) is 9.18 Å². The number of hydrazone groups is 1. The Hall–Kier alpha value is -1.85. The monoisotopic (exact) mass is 322 g/mol. The number of hydrogen-bond donors (Lipinski definition) is 1. The van der Waals surface area contributed by atoms with Crippen LogP contribution in [0.3, 0.4) is 0 Å².